The largest absolute Gasteiger partial charge is 0.353 e. The van der Waals surface area contributed by atoms with E-state index in [0.29, 0.717) is 23.1 Å². The fraction of sp³-hybridized carbons (Fsp3) is 0.167. The van der Waals surface area contributed by atoms with Crippen LogP contribution < -0.4 is 10.9 Å². The van der Waals surface area contributed by atoms with Crippen molar-refractivity contribution in [2.75, 3.05) is 6.54 Å². The number of H-pyrrole nitrogens is 1. The summed E-state index contributed by atoms with van der Waals surface area (Å²) in [4.78, 5) is 25.4. The van der Waals surface area contributed by atoms with Gasteiger partial charge in [0.2, 0.25) is 0 Å². The molecule has 1 amide bonds. The predicted molar refractivity (Wildman–Crippen MR) is 71.5 cm³/mol. The molecule has 0 aliphatic carbocycles. The molecule has 2 N–H and O–H groups in total. The number of aromatic amines is 1. The maximum Gasteiger partial charge on any atom is 0.262 e. The third-order valence-corrected chi connectivity index (χ3v) is 3.03. The van der Waals surface area contributed by atoms with Gasteiger partial charge in [-0.3, -0.25) is 9.59 Å². The number of rotatable bonds is 4. The number of halogens is 1. The number of amides is 1. The van der Waals surface area contributed by atoms with Crippen molar-refractivity contribution in [2.24, 2.45) is 0 Å². The molecule has 2 aromatic rings. The van der Waals surface area contributed by atoms with Crippen molar-refractivity contribution in [2.45, 2.75) is 6.54 Å². The fourth-order valence-electron chi connectivity index (χ4n) is 1.51. The lowest BCUT2D eigenvalue weighted by atomic mass is 10.2. The van der Waals surface area contributed by atoms with E-state index in [0.717, 1.165) is 0 Å². The Morgan fingerprint density at radius 1 is 1.39 bits per heavy atom. The zero-order valence-electron chi connectivity index (χ0n) is 9.52. The summed E-state index contributed by atoms with van der Waals surface area (Å²) in [5.74, 6) is -0.209. The molecule has 0 bridgehead atoms. The minimum Gasteiger partial charge on any atom is -0.353 e. The molecule has 0 aliphatic rings. The molecule has 94 valence electrons. The van der Waals surface area contributed by atoms with Gasteiger partial charge in [0.1, 0.15) is 0 Å². The molecule has 0 unspecified atom stereocenters. The summed E-state index contributed by atoms with van der Waals surface area (Å²) in [7, 11) is 0. The summed E-state index contributed by atoms with van der Waals surface area (Å²) in [5, 5.41) is 2.78. The molecule has 2 rings (SSSR count). The number of nitrogens with zero attached hydrogens (tertiary/aromatic N) is 1. The van der Waals surface area contributed by atoms with Gasteiger partial charge in [-0.15, -0.1) is 0 Å². The van der Waals surface area contributed by atoms with Gasteiger partial charge in [-0.25, -0.2) is 0 Å². The SMILES string of the molecule is O=C(NCCn1cccc1)c1c[nH]c(=O)c(Br)c1. The van der Waals surface area contributed by atoms with E-state index in [2.05, 4.69) is 26.2 Å². The van der Waals surface area contributed by atoms with E-state index in [1.807, 2.05) is 29.1 Å². The highest BCUT2D eigenvalue weighted by Gasteiger charge is 2.06. The average Bonchev–Trinajstić information content (AvgIpc) is 2.85. The van der Waals surface area contributed by atoms with Crippen molar-refractivity contribution in [3.8, 4) is 0 Å². The summed E-state index contributed by atoms with van der Waals surface area (Å²) >= 11 is 3.09. The Kier molecular flexibility index (Phi) is 3.99. The Labute approximate surface area is 112 Å². The first-order chi connectivity index (χ1) is 8.66. The topological polar surface area (TPSA) is 66.9 Å². The molecule has 0 spiro atoms. The van der Waals surface area contributed by atoms with Gasteiger partial charge in [0, 0.05) is 31.7 Å². The van der Waals surface area contributed by atoms with Gasteiger partial charge in [-0.2, -0.15) is 0 Å². The van der Waals surface area contributed by atoms with Crippen LogP contribution in [0, 0.1) is 0 Å². The second-order valence-corrected chi connectivity index (χ2v) is 4.60. The van der Waals surface area contributed by atoms with Crippen LogP contribution in [0.4, 0.5) is 0 Å². The highest BCUT2D eigenvalue weighted by atomic mass is 79.9. The average molecular weight is 310 g/mol. The molecule has 2 aromatic heterocycles. The van der Waals surface area contributed by atoms with Gasteiger partial charge in [0.15, 0.2) is 0 Å². The van der Waals surface area contributed by atoms with Crippen LogP contribution in [-0.4, -0.2) is 22.0 Å². The standard InChI is InChI=1S/C12H12BrN3O2/c13-10-7-9(8-15-12(10)18)11(17)14-3-6-16-4-1-2-5-16/h1-2,4-5,7-8H,3,6H2,(H,14,17)(H,15,18). The molecular formula is C12H12BrN3O2. The number of nitrogens with one attached hydrogen (secondary N) is 2. The number of aromatic nitrogens is 2. The normalized spacial score (nSPS) is 10.3. The summed E-state index contributed by atoms with van der Waals surface area (Å²) in [6.07, 6.45) is 5.27. The quantitative estimate of drug-likeness (QED) is 0.895. The van der Waals surface area contributed by atoms with Gasteiger partial charge in [0.25, 0.3) is 11.5 Å². The lowest BCUT2D eigenvalue weighted by molar-refractivity contribution is 0.0952. The lowest BCUT2D eigenvalue weighted by Crippen LogP contribution is -2.27. The van der Waals surface area contributed by atoms with Crippen LogP contribution in [0.1, 0.15) is 10.4 Å². The maximum absolute atomic E-state index is 11.8. The molecule has 2 heterocycles. The summed E-state index contributed by atoms with van der Waals surface area (Å²) < 4.78 is 2.32. The van der Waals surface area contributed by atoms with Crippen molar-refractivity contribution in [1.29, 1.82) is 0 Å². The second-order valence-electron chi connectivity index (χ2n) is 3.74. The highest BCUT2D eigenvalue weighted by Crippen LogP contribution is 2.04. The molecule has 6 heteroatoms. The Bertz CT molecular complexity index is 590. The molecule has 0 saturated carbocycles. The number of pyridine rings is 1. The summed E-state index contributed by atoms with van der Waals surface area (Å²) in [5.41, 5.74) is 0.174. The predicted octanol–water partition coefficient (Wildman–Crippen LogP) is 1.37. The first-order valence-corrected chi connectivity index (χ1v) is 6.23. The third-order valence-electron chi connectivity index (χ3n) is 2.44. The van der Waals surface area contributed by atoms with Crippen LogP contribution in [-0.2, 0) is 6.54 Å². The van der Waals surface area contributed by atoms with Gasteiger partial charge in [-0.1, -0.05) is 0 Å². The molecule has 0 aliphatic heterocycles. The Hall–Kier alpha value is -1.82. The monoisotopic (exact) mass is 309 g/mol. The van der Waals surface area contributed by atoms with Crippen LogP contribution in [0.5, 0.6) is 0 Å². The van der Waals surface area contributed by atoms with Crippen LogP contribution in [0.2, 0.25) is 0 Å². The maximum atomic E-state index is 11.8. The second kappa shape index (κ2) is 5.68. The fourth-order valence-corrected chi connectivity index (χ4v) is 1.87. The van der Waals surface area contributed by atoms with Crippen molar-refractivity contribution >= 4 is 21.8 Å². The Morgan fingerprint density at radius 3 is 2.78 bits per heavy atom. The van der Waals surface area contributed by atoms with E-state index in [1.165, 1.54) is 12.3 Å². The van der Waals surface area contributed by atoms with E-state index in [9.17, 15) is 9.59 Å². The van der Waals surface area contributed by atoms with Crippen molar-refractivity contribution in [3.05, 3.63) is 57.2 Å². The van der Waals surface area contributed by atoms with Crippen LogP contribution in [0.25, 0.3) is 0 Å². The van der Waals surface area contributed by atoms with Crippen LogP contribution >= 0.6 is 15.9 Å². The molecule has 0 radical (unpaired) electrons. The van der Waals surface area contributed by atoms with E-state index in [-0.39, 0.29) is 11.5 Å². The van der Waals surface area contributed by atoms with E-state index in [1.54, 1.807) is 0 Å². The van der Waals surface area contributed by atoms with E-state index >= 15 is 0 Å². The minimum absolute atomic E-state index is 0.209. The molecule has 18 heavy (non-hydrogen) atoms. The number of carbonyl (C=O) groups is 1. The Balaban J connectivity index is 1.91. The van der Waals surface area contributed by atoms with Gasteiger partial charge in [0.05, 0.1) is 10.0 Å². The van der Waals surface area contributed by atoms with Crippen LogP contribution in [0.3, 0.4) is 0 Å². The number of hydrogen-bond acceptors (Lipinski definition) is 2. The summed E-state index contributed by atoms with van der Waals surface area (Å²) in [6, 6.07) is 5.37. The zero-order chi connectivity index (χ0) is 13.0. The molecule has 5 nitrogen and oxygen atoms in total. The Morgan fingerprint density at radius 2 is 2.11 bits per heavy atom. The smallest absolute Gasteiger partial charge is 0.262 e. The molecule has 0 aromatic carbocycles. The van der Waals surface area contributed by atoms with Crippen molar-refractivity contribution in [3.63, 3.8) is 0 Å². The van der Waals surface area contributed by atoms with Crippen molar-refractivity contribution < 1.29 is 4.79 Å². The number of carbonyl (C=O) groups excluding carboxylic acids is 1. The highest BCUT2D eigenvalue weighted by molar-refractivity contribution is 9.10. The molecule has 0 fully saturated rings. The van der Waals surface area contributed by atoms with Gasteiger partial charge >= 0.3 is 0 Å². The number of hydrogen-bond donors (Lipinski definition) is 2. The first kappa shape index (κ1) is 12.6. The molecule has 0 saturated heterocycles. The molecule has 0 atom stereocenters. The summed E-state index contributed by atoms with van der Waals surface area (Å²) in [6.45, 7) is 1.24. The molecular weight excluding hydrogens is 298 g/mol. The van der Waals surface area contributed by atoms with E-state index < -0.39 is 0 Å². The van der Waals surface area contributed by atoms with Gasteiger partial charge < -0.3 is 14.9 Å². The zero-order valence-corrected chi connectivity index (χ0v) is 11.1. The first-order valence-electron chi connectivity index (χ1n) is 5.44. The van der Waals surface area contributed by atoms with Crippen molar-refractivity contribution in [1.82, 2.24) is 14.9 Å². The third kappa shape index (κ3) is 3.10. The minimum atomic E-state index is -0.251. The van der Waals surface area contributed by atoms with Crippen LogP contribution in [0.15, 0.2) is 46.1 Å². The lowest BCUT2D eigenvalue weighted by Gasteiger charge is -2.06. The van der Waals surface area contributed by atoms with E-state index in [4.69, 9.17) is 0 Å². The van der Waals surface area contributed by atoms with Gasteiger partial charge in [-0.05, 0) is 34.1 Å².